The van der Waals surface area contributed by atoms with E-state index >= 15 is 0 Å². The highest BCUT2D eigenvalue weighted by atomic mass is 16.1. The second-order valence-corrected chi connectivity index (χ2v) is 5.42. The summed E-state index contributed by atoms with van der Waals surface area (Å²) in [5.41, 5.74) is 0.816. The summed E-state index contributed by atoms with van der Waals surface area (Å²) in [6.45, 7) is 4.09. The largest absolute Gasteiger partial charge is 0.299 e. The van der Waals surface area contributed by atoms with Crippen molar-refractivity contribution in [3.63, 3.8) is 0 Å². The normalized spacial score (nSPS) is 16.9. The molecule has 16 heavy (non-hydrogen) atoms. The number of rotatable bonds is 4. The van der Waals surface area contributed by atoms with Crippen LogP contribution in [0.3, 0.4) is 0 Å². The summed E-state index contributed by atoms with van der Waals surface area (Å²) in [4.78, 5) is 12.3. The van der Waals surface area contributed by atoms with Crippen LogP contribution in [0, 0.1) is 5.92 Å². The molecule has 0 aliphatic heterocycles. The third-order valence-electron chi connectivity index (χ3n) is 3.89. The predicted octanol–water partition coefficient (Wildman–Crippen LogP) is 3.72. The molecule has 1 aromatic carbocycles. The van der Waals surface area contributed by atoms with E-state index in [0.717, 1.165) is 12.0 Å². The fraction of sp³-hybridized carbons (Fsp3) is 0.533. The number of carbonyl (C=O) groups is 1. The van der Waals surface area contributed by atoms with Crippen molar-refractivity contribution in [2.24, 2.45) is 5.92 Å². The van der Waals surface area contributed by atoms with Gasteiger partial charge >= 0.3 is 0 Å². The van der Waals surface area contributed by atoms with Gasteiger partial charge in [-0.25, -0.2) is 0 Å². The Labute approximate surface area is 97.9 Å². The highest BCUT2D eigenvalue weighted by Crippen LogP contribution is 2.34. The zero-order chi connectivity index (χ0) is 11.6. The Hall–Kier alpha value is -1.11. The van der Waals surface area contributed by atoms with E-state index in [9.17, 15) is 4.79 Å². The molecule has 0 N–H and O–H groups in total. The molecule has 1 nitrogen and oxygen atoms in total. The minimum atomic E-state index is -0.323. The first-order valence-electron chi connectivity index (χ1n) is 6.19. The van der Waals surface area contributed by atoms with Gasteiger partial charge in [-0.15, -0.1) is 0 Å². The molecule has 2 rings (SSSR count). The van der Waals surface area contributed by atoms with E-state index in [-0.39, 0.29) is 5.41 Å². The van der Waals surface area contributed by atoms with Gasteiger partial charge in [0.05, 0.1) is 0 Å². The van der Waals surface area contributed by atoms with Crippen molar-refractivity contribution in [3.8, 4) is 0 Å². The molecule has 1 aromatic rings. The van der Waals surface area contributed by atoms with E-state index in [2.05, 4.69) is 12.1 Å². The second-order valence-electron chi connectivity index (χ2n) is 5.42. The van der Waals surface area contributed by atoms with Crippen LogP contribution in [0.25, 0.3) is 0 Å². The Kier molecular flexibility index (Phi) is 3.13. The lowest BCUT2D eigenvalue weighted by Gasteiger charge is -2.30. The van der Waals surface area contributed by atoms with Crippen molar-refractivity contribution in [1.82, 2.24) is 0 Å². The van der Waals surface area contributed by atoms with Crippen molar-refractivity contribution < 1.29 is 4.79 Å². The Balaban J connectivity index is 2.08. The average Bonchev–Trinajstić information content (AvgIpc) is 2.24. The van der Waals surface area contributed by atoms with Crippen LogP contribution in [-0.4, -0.2) is 5.78 Å². The number of hydrogen-bond acceptors (Lipinski definition) is 1. The summed E-state index contributed by atoms with van der Waals surface area (Å²) in [6, 6.07) is 10.1. The number of carbonyl (C=O) groups excluding carboxylic acids is 1. The van der Waals surface area contributed by atoms with Gasteiger partial charge < -0.3 is 0 Å². The molecule has 0 saturated heterocycles. The van der Waals surface area contributed by atoms with Crippen LogP contribution in [0.5, 0.6) is 0 Å². The summed E-state index contributed by atoms with van der Waals surface area (Å²) >= 11 is 0. The van der Waals surface area contributed by atoms with Gasteiger partial charge in [-0.2, -0.15) is 0 Å². The Morgan fingerprint density at radius 2 is 1.88 bits per heavy atom. The SMILES string of the molecule is CC(C)(C(=O)CC1CCC1)c1ccccc1. The van der Waals surface area contributed by atoms with E-state index in [1.807, 2.05) is 32.0 Å². The Morgan fingerprint density at radius 3 is 2.38 bits per heavy atom. The number of benzene rings is 1. The molecule has 1 saturated carbocycles. The fourth-order valence-corrected chi connectivity index (χ4v) is 2.23. The third kappa shape index (κ3) is 2.18. The van der Waals surface area contributed by atoms with Gasteiger partial charge in [-0.3, -0.25) is 4.79 Å². The van der Waals surface area contributed by atoms with Crippen molar-refractivity contribution in [2.75, 3.05) is 0 Å². The molecule has 0 amide bonds. The molecule has 0 bridgehead atoms. The van der Waals surface area contributed by atoms with Crippen molar-refractivity contribution in [3.05, 3.63) is 35.9 Å². The van der Waals surface area contributed by atoms with E-state index in [1.165, 1.54) is 19.3 Å². The summed E-state index contributed by atoms with van der Waals surface area (Å²) in [7, 11) is 0. The van der Waals surface area contributed by atoms with Gasteiger partial charge in [0.25, 0.3) is 0 Å². The molecule has 1 aliphatic rings. The van der Waals surface area contributed by atoms with Crippen LogP contribution >= 0.6 is 0 Å². The standard InChI is InChI=1S/C15H20O/c1-15(2,13-9-4-3-5-10-13)14(16)11-12-7-6-8-12/h3-5,9-10,12H,6-8,11H2,1-2H3. The monoisotopic (exact) mass is 216 g/mol. The van der Waals surface area contributed by atoms with Crippen LogP contribution in [0.15, 0.2) is 30.3 Å². The van der Waals surface area contributed by atoms with Crippen LogP contribution in [-0.2, 0) is 10.2 Å². The van der Waals surface area contributed by atoms with Crippen LogP contribution < -0.4 is 0 Å². The van der Waals surface area contributed by atoms with E-state index in [4.69, 9.17) is 0 Å². The zero-order valence-corrected chi connectivity index (χ0v) is 10.2. The minimum Gasteiger partial charge on any atom is -0.299 e. The van der Waals surface area contributed by atoms with Crippen molar-refractivity contribution in [2.45, 2.75) is 44.9 Å². The van der Waals surface area contributed by atoms with Crippen LogP contribution in [0.2, 0.25) is 0 Å². The van der Waals surface area contributed by atoms with Crippen LogP contribution in [0.4, 0.5) is 0 Å². The number of ketones is 1. The molecule has 1 fully saturated rings. The number of Topliss-reactive ketones (excluding diaryl/α,β-unsaturated/α-hetero) is 1. The summed E-state index contributed by atoms with van der Waals surface area (Å²) < 4.78 is 0. The zero-order valence-electron chi connectivity index (χ0n) is 10.2. The first kappa shape index (κ1) is 11.4. The summed E-state index contributed by atoms with van der Waals surface area (Å²) in [5.74, 6) is 1.05. The first-order valence-corrected chi connectivity index (χ1v) is 6.19. The van der Waals surface area contributed by atoms with Crippen LogP contribution in [0.1, 0.15) is 45.1 Å². The lowest BCUT2D eigenvalue weighted by molar-refractivity contribution is -0.125. The van der Waals surface area contributed by atoms with Crippen molar-refractivity contribution >= 4 is 5.78 Å². The average molecular weight is 216 g/mol. The molecule has 0 atom stereocenters. The summed E-state index contributed by atoms with van der Waals surface area (Å²) in [5, 5.41) is 0. The molecule has 1 heteroatoms. The Bertz CT molecular complexity index is 360. The maximum atomic E-state index is 12.3. The van der Waals surface area contributed by atoms with E-state index < -0.39 is 0 Å². The van der Waals surface area contributed by atoms with Gasteiger partial charge in [-0.1, -0.05) is 49.6 Å². The first-order chi connectivity index (χ1) is 7.60. The smallest absolute Gasteiger partial charge is 0.143 e. The maximum Gasteiger partial charge on any atom is 0.143 e. The molecule has 1 aliphatic carbocycles. The maximum absolute atomic E-state index is 12.3. The molecule has 0 unspecified atom stereocenters. The molecule has 0 radical (unpaired) electrons. The Morgan fingerprint density at radius 1 is 1.25 bits per heavy atom. The molecule has 0 heterocycles. The van der Waals surface area contributed by atoms with Gasteiger partial charge in [-0.05, 0) is 25.3 Å². The molecule has 0 spiro atoms. The van der Waals surface area contributed by atoms with Gasteiger partial charge in [0.15, 0.2) is 0 Å². The fourth-order valence-electron chi connectivity index (χ4n) is 2.23. The van der Waals surface area contributed by atoms with E-state index in [0.29, 0.717) is 11.7 Å². The molecule has 0 aromatic heterocycles. The van der Waals surface area contributed by atoms with Crippen molar-refractivity contribution in [1.29, 1.82) is 0 Å². The van der Waals surface area contributed by atoms with E-state index in [1.54, 1.807) is 0 Å². The lowest BCUT2D eigenvalue weighted by Crippen LogP contribution is -2.32. The molecular weight excluding hydrogens is 196 g/mol. The molecular formula is C15H20O. The highest BCUT2D eigenvalue weighted by molar-refractivity contribution is 5.89. The lowest BCUT2D eigenvalue weighted by atomic mass is 9.73. The van der Waals surface area contributed by atoms with Gasteiger partial charge in [0.2, 0.25) is 0 Å². The predicted molar refractivity (Wildman–Crippen MR) is 66.4 cm³/mol. The number of hydrogen-bond donors (Lipinski definition) is 0. The van der Waals surface area contributed by atoms with Gasteiger partial charge in [0, 0.05) is 11.8 Å². The summed E-state index contributed by atoms with van der Waals surface area (Å²) in [6.07, 6.45) is 4.57. The minimum absolute atomic E-state index is 0.323. The third-order valence-corrected chi connectivity index (χ3v) is 3.89. The molecule has 86 valence electrons. The topological polar surface area (TPSA) is 17.1 Å². The highest BCUT2D eigenvalue weighted by Gasteiger charge is 2.32. The second kappa shape index (κ2) is 4.40. The quantitative estimate of drug-likeness (QED) is 0.749. The van der Waals surface area contributed by atoms with Gasteiger partial charge in [0.1, 0.15) is 5.78 Å².